The molecule has 2 aromatic heterocycles. The lowest BCUT2D eigenvalue weighted by Gasteiger charge is -2.42. The Bertz CT molecular complexity index is 823. The van der Waals surface area contributed by atoms with E-state index < -0.39 is 5.54 Å². The fourth-order valence-electron chi connectivity index (χ4n) is 4.20. The number of hydrogen-bond donors (Lipinski definition) is 2. The molecule has 0 aliphatic carbocycles. The van der Waals surface area contributed by atoms with Crippen LogP contribution in [0.1, 0.15) is 31.4 Å². The molecule has 2 aliphatic heterocycles. The third-order valence-corrected chi connectivity index (χ3v) is 5.80. The maximum Gasteiger partial charge on any atom is 0.250 e. The Kier molecular flexibility index (Phi) is 6.59. The van der Waals surface area contributed by atoms with E-state index >= 15 is 0 Å². The van der Waals surface area contributed by atoms with Crippen LogP contribution < -0.4 is 10.6 Å². The van der Waals surface area contributed by atoms with Crippen LogP contribution in [0, 0.1) is 12.8 Å². The van der Waals surface area contributed by atoms with Crippen molar-refractivity contribution in [3.63, 3.8) is 0 Å². The van der Waals surface area contributed by atoms with Gasteiger partial charge in [-0.25, -0.2) is 0 Å². The van der Waals surface area contributed by atoms with E-state index in [0.29, 0.717) is 37.5 Å². The van der Waals surface area contributed by atoms with E-state index in [1.165, 1.54) is 0 Å². The van der Waals surface area contributed by atoms with Gasteiger partial charge in [-0.2, -0.15) is 5.10 Å². The average molecular weight is 423 g/mol. The van der Waals surface area contributed by atoms with Gasteiger partial charge in [-0.1, -0.05) is 5.16 Å². The van der Waals surface area contributed by atoms with Crippen molar-refractivity contribution in [1.82, 2.24) is 25.2 Å². The maximum absolute atomic E-state index is 13.5. The number of aryl methyl sites for hydroxylation is 1. The van der Waals surface area contributed by atoms with Gasteiger partial charge < -0.3 is 20.1 Å². The first-order valence-corrected chi connectivity index (χ1v) is 9.83. The predicted molar refractivity (Wildman–Crippen MR) is 109 cm³/mol. The van der Waals surface area contributed by atoms with Crippen LogP contribution in [0.15, 0.2) is 29.0 Å². The Balaban J connectivity index is 0.00000240. The molecule has 2 aromatic rings. The molecule has 0 spiro atoms. The zero-order valence-electron chi connectivity index (χ0n) is 16.5. The second kappa shape index (κ2) is 8.96. The van der Waals surface area contributed by atoms with E-state index in [0.717, 1.165) is 25.9 Å². The highest BCUT2D eigenvalue weighted by molar-refractivity contribution is 5.92. The van der Waals surface area contributed by atoms with Crippen LogP contribution in [0.25, 0.3) is 0 Å². The Morgan fingerprint density at radius 3 is 2.59 bits per heavy atom. The van der Waals surface area contributed by atoms with Gasteiger partial charge >= 0.3 is 0 Å². The van der Waals surface area contributed by atoms with E-state index in [2.05, 4.69) is 20.9 Å². The number of rotatable bonds is 4. The summed E-state index contributed by atoms with van der Waals surface area (Å²) < 4.78 is 6.81. The van der Waals surface area contributed by atoms with Crippen LogP contribution in [-0.4, -0.2) is 57.8 Å². The van der Waals surface area contributed by atoms with Gasteiger partial charge in [0.25, 0.3) is 5.91 Å². The second-order valence-electron chi connectivity index (χ2n) is 7.61. The molecule has 2 saturated heterocycles. The van der Waals surface area contributed by atoms with E-state index in [4.69, 9.17) is 4.52 Å². The summed E-state index contributed by atoms with van der Waals surface area (Å²) >= 11 is 0. The van der Waals surface area contributed by atoms with Crippen LogP contribution >= 0.6 is 12.4 Å². The van der Waals surface area contributed by atoms with Crippen molar-refractivity contribution >= 4 is 30.0 Å². The molecule has 0 unspecified atom stereocenters. The van der Waals surface area contributed by atoms with Crippen molar-refractivity contribution in [1.29, 1.82) is 0 Å². The first-order chi connectivity index (χ1) is 13.6. The summed E-state index contributed by atoms with van der Waals surface area (Å²) in [6.45, 7) is 4.52. The number of carbonyl (C=O) groups is 2. The first-order valence-electron chi connectivity index (χ1n) is 9.83. The van der Waals surface area contributed by atoms with E-state index in [9.17, 15) is 9.59 Å². The number of halogens is 1. The monoisotopic (exact) mass is 422 g/mol. The fourth-order valence-corrected chi connectivity index (χ4v) is 4.20. The Labute approximate surface area is 175 Å². The number of hydrogen-bond acceptors (Lipinski definition) is 6. The number of likely N-dealkylation sites (tertiary alicyclic amines) is 1. The van der Waals surface area contributed by atoms with Crippen molar-refractivity contribution in [2.75, 3.05) is 31.5 Å². The summed E-state index contributed by atoms with van der Waals surface area (Å²) in [6, 6.07) is 3.56. The molecule has 0 saturated carbocycles. The normalized spacial score (nSPS) is 19.4. The molecule has 0 bridgehead atoms. The Morgan fingerprint density at radius 1 is 1.28 bits per heavy atom. The summed E-state index contributed by atoms with van der Waals surface area (Å²) in [5.74, 6) is 1.01. The van der Waals surface area contributed by atoms with Crippen molar-refractivity contribution in [2.45, 2.75) is 38.1 Å². The summed E-state index contributed by atoms with van der Waals surface area (Å²) in [6.07, 6.45) is 6.32. The number of nitrogens with zero attached hydrogens (tertiary/aromatic N) is 4. The SMILES string of the molecule is Cc1cc(NC(=O)C2CCN(C(=O)C3(n4cccn4)CCNCC3)CC2)no1.Cl. The van der Waals surface area contributed by atoms with Gasteiger partial charge in [0.1, 0.15) is 11.3 Å². The highest BCUT2D eigenvalue weighted by Crippen LogP contribution is 2.31. The fraction of sp³-hybridized carbons (Fsp3) is 0.579. The van der Waals surface area contributed by atoms with Gasteiger partial charge in [0.2, 0.25) is 5.91 Å². The van der Waals surface area contributed by atoms with Gasteiger partial charge in [-0.15, -0.1) is 12.4 Å². The third-order valence-electron chi connectivity index (χ3n) is 5.80. The van der Waals surface area contributed by atoms with Gasteiger partial charge in [-0.3, -0.25) is 14.3 Å². The average Bonchev–Trinajstić information content (AvgIpc) is 3.40. The van der Waals surface area contributed by atoms with Gasteiger partial charge in [-0.05, 0) is 51.8 Å². The molecule has 2 N–H and O–H groups in total. The zero-order valence-corrected chi connectivity index (χ0v) is 17.3. The Hall–Kier alpha value is -2.39. The third kappa shape index (κ3) is 4.30. The minimum atomic E-state index is -0.623. The molecule has 2 amide bonds. The van der Waals surface area contributed by atoms with Crippen LogP contribution in [0.5, 0.6) is 0 Å². The number of piperidine rings is 2. The van der Waals surface area contributed by atoms with Crippen molar-refractivity contribution in [3.8, 4) is 0 Å². The molecular formula is C19H27ClN6O3. The molecule has 10 heteroatoms. The topological polar surface area (TPSA) is 105 Å². The van der Waals surface area contributed by atoms with Crippen molar-refractivity contribution in [3.05, 3.63) is 30.3 Å². The lowest BCUT2D eigenvalue weighted by atomic mass is 9.85. The molecule has 2 fully saturated rings. The highest BCUT2D eigenvalue weighted by Gasteiger charge is 2.45. The second-order valence-corrected chi connectivity index (χ2v) is 7.61. The molecule has 0 atom stereocenters. The first kappa shape index (κ1) is 21.3. The Morgan fingerprint density at radius 2 is 2.00 bits per heavy atom. The molecule has 29 heavy (non-hydrogen) atoms. The standard InChI is InChI=1S/C19H26N6O3.ClH/c1-14-13-16(23-28-14)22-17(26)15-3-11-24(12-4-15)18(27)19(5-8-20-9-6-19)25-10-2-7-21-25;/h2,7,10,13,15,20H,3-6,8-9,11-12H2,1H3,(H,22,23,26);1H. The van der Waals surface area contributed by atoms with Crippen molar-refractivity contribution in [2.24, 2.45) is 5.92 Å². The number of carbonyl (C=O) groups excluding carboxylic acids is 2. The minimum absolute atomic E-state index is 0. The van der Waals surface area contributed by atoms with Gasteiger partial charge in [0.05, 0.1) is 0 Å². The maximum atomic E-state index is 13.5. The molecule has 2 aliphatic rings. The van der Waals surface area contributed by atoms with Crippen LogP contribution in [0.2, 0.25) is 0 Å². The predicted octanol–water partition coefficient (Wildman–Crippen LogP) is 1.56. The van der Waals surface area contributed by atoms with Crippen LogP contribution in [0.3, 0.4) is 0 Å². The quantitative estimate of drug-likeness (QED) is 0.774. The summed E-state index contributed by atoms with van der Waals surface area (Å²) in [4.78, 5) is 27.8. The number of amides is 2. The summed E-state index contributed by atoms with van der Waals surface area (Å²) in [5, 5.41) is 14.3. The van der Waals surface area contributed by atoms with Gasteiger partial charge in [0, 0.05) is 37.5 Å². The number of nitrogens with one attached hydrogen (secondary N) is 2. The lowest BCUT2D eigenvalue weighted by Crippen LogP contribution is -2.57. The molecule has 0 aromatic carbocycles. The highest BCUT2D eigenvalue weighted by atomic mass is 35.5. The van der Waals surface area contributed by atoms with Crippen LogP contribution in [-0.2, 0) is 15.1 Å². The summed E-state index contributed by atoms with van der Waals surface area (Å²) in [5.41, 5.74) is -0.623. The lowest BCUT2D eigenvalue weighted by molar-refractivity contribution is -0.145. The van der Waals surface area contributed by atoms with Gasteiger partial charge in [0.15, 0.2) is 5.82 Å². The number of anilines is 1. The van der Waals surface area contributed by atoms with E-state index in [1.807, 2.05) is 21.8 Å². The molecule has 0 radical (unpaired) electrons. The van der Waals surface area contributed by atoms with E-state index in [1.54, 1.807) is 19.2 Å². The molecule has 158 valence electrons. The molecule has 9 nitrogen and oxygen atoms in total. The van der Waals surface area contributed by atoms with E-state index in [-0.39, 0.29) is 30.1 Å². The molecule has 4 heterocycles. The van der Waals surface area contributed by atoms with Crippen LogP contribution in [0.4, 0.5) is 5.82 Å². The number of aromatic nitrogens is 3. The summed E-state index contributed by atoms with van der Waals surface area (Å²) in [7, 11) is 0. The largest absolute Gasteiger partial charge is 0.360 e. The molecule has 4 rings (SSSR count). The van der Waals surface area contributed by atoms with Crippen molar-refractivity contribution < 1.29 is 14.1 Å². The smallest absolute Gasteiger partial charge is 0.250 e. The molecular weight excluding hydrogens is 396 g/mol. The minimum Gasteiger partial charge on any atom is -0.360 e. The zero-order chi connectivity index (χ0) is 19.6.